The van der Waals surface area contributed by atoms with Gasteiger partial charge in [-0.2, -0.15) is 0 Å². The lowest BCUT2D eigenvalue weighted by Crippen LogP contribution is -2.30. The minimum Gasteiger partial charge on any atom is -0.342 e. The predicted molar refractivity (Wildman–Crippen MR) is 111 cm³/mol. The number of hydrogen-bond donors (Lipinski definition) is 1. The van der Waals surface area contributed by atoms with Gasteiger partial charge in [-0.1, -0.05) is 54.1 Å². The summed E-state index contributed by atoms with van der Waals surface area (Å²) in [5, 5.41) is 3.69. The number of amides is 3. The van der Waals surface area contributed by atoms with Crippen LogP contribution in [-0.4, -0.2) is 28.0 Å². The first-order valence-corrected chi connectivity index (χ1v) is 9.15. The Morgan fingerprint density at radius 3 is 2.71 bits per heavy atom. The van der Waals surface area contributed by atoms with Gasteiger partial charge in [-0.3, -0.25) is 9.69 Å². The molecule has 1 N–H and O–H groups in total. The first-order valence-electron chi connectivity index (χ1n) is 9.15. The summed E-state index contributed by atoms with van der Waals surface area (Å²) in [5.74, 6) is -0.333. The molecular weight excluding hydrogens is 350 g/mol. The minimum absolute atomic E-state index is 0.192. The number of benzene rings is 2. The molecule has 0 bridgehead atoms. The van der Waals surface area contributed by atoms with Gasteiger partial charge in [-0.25, -0.2) is 4.79 Å². The molecule has 5 nitrogen and oxygen atoms in total. The van der Waals surface area contributed by atoms with Crippen LogP contribution in [0.5, 0.6) is 0 Å². The van der Waals surface area contributed by atoms with Crippen molar-refractivity contribution < 1.29 is 9.59 Å². The molecular formula is C23H21N3O2. The molecule has 1 aliphatic heterocycles. The van der Waals surface area contributed by atoms with Crippen LogP contribution in [0.4, 0.5) is 4.79 Å². The van der Waals surface area contributed by atoms with Gasteiger partial charge in [0.15, 0.2) is 0 Å². The summed E-state index contributed by atoms with van der Waals surface area (Å²) in [5.41, 5.74) is 4.69. The Bertz CT molecular complexity index is 1120. The van der Waals surface area contributed by atoms with Crippen LogP contribution in [0.3, 0.4) is 0 Å². The lowest BCUT2D eigenvalue weighted by atomic mass is 10.1. The zero-order valence-electron chi connectivity index (χ0n) is 15.7. The molecule has 140 valence electrons. The number of carbonyl (C=O) groups excluding carboxylic acids is 2. The summed E-state index contributed by atoms with van der Waals surface area (Å²) >= 11 is 0. The fourth-order valence-corrected chi connectivity index (χ4v) is 3.55. The largest absolute Gasteiger partial charge is 0.342 e. The van der Waals surface area contributed by atoms with E-state index in [0.717, 1.165) is 27.9 Å². The van der Waals surface area contributed by atoms with Crippen molar-refractivity contribution in [3.8, 4) is 0 Å². The zero-order valence-corrected chi connectivity index (χ0v) is 15.7. The first-order chi connectivity index (χ1) is 13.6. The van der Waals surface area contributed by atoms with E-state index in [1.807, 2.05) is 24.4 Å². The molecule has 0 spiro atoms. The molecule has 1 aromatic heterocycles. The van der Waals surface area contributed by atoms with Gasteiger partial charge in [-0.15, -0.1) is 6.58 Å². The third-order valence-electron chi connectivity index (χ3n) is 4.83. The normalized spacial score (nSPS) is 15.5. The quantitative estimate of drug-likeness (QED) is 0.417. The van der Waals surface area contributed by atoms with E-state index in [9.17, 15) is 9.59 Å². The Labute approximate surface area is 163 Å². The molecule has 5 heteroatoms. The number of urea groups is 1. The van der Waals surface area contributed by atoms with Gasteiger partial charge in [0, 0.05) is 35.8 Å². The SMILES string of the molecule is C=CCN1C(=O)N/C(=C/c2cn(Cc3cccc(C)c3)c3ccccc23)C1=O. The molecule has 0 unspecified atom stereocenters. The monoisotopic (exact) mass is 371 g/mol. The molecule has 4 rings (SSSR count). The van der Waals surface area contributed by atoms with Crippen LogP contribution in [0.1, 0.15) is 16.7 Å². The van der Waals surface area contributed by atoms with E-state index >= 15 is 0 Å². The minimum atomic E-state index is -0.417. The Morgan fingerprint density at radius 2 is 1.93 bits per heavy atom. The second-order valence-electron chi connectivity index (χ2n) is 6.91. The summed E-state index contributed by atoms with van der Waals surface area (Å²) in [6.07, 6.45) is 5.31. The molecule has 0 aliphatic carbocycles. The van der Waals surface area contributed by atoms with Crippen molar-refractivity contribution in [2.24, 2.45) is 0 Å². The van der Waals surface area contributed by atoms with Gasteiger partial charge in [0.1, 0.15) is 5.70 Å². The Kier molecular flexibility index (Phi) is 4.57. The smallest absolute Gasteiger partial charge is 0.329 e. The van der Waals surface area contributed by atoms with Gasteiger partial charge in [-0.05, 0) is 24.6 Å². The van der Waals surface area contributed by atoms with Gasteiger partial charge >= 0.3 is 6.03 Å². The fraction of sp³-hybridized carbons (Fsp3) is 0.130. The highest BCUT2D eigenvalue weighted by atomic mass is 16.2. The number of carbonyl (C=O) groups is 2. The molecule has 1 aliphatic rings. The fourth-order valence-electron chi connectivity index (χ4n) is 3.55. The number of para-hydroxylation sites is 1. The average molecular weight is 371 g/mol. The van der Waals surface area contributed by atoms with Crippen LogP contribution in [0, 0.1) is 6.92 Å². The summed E-state index contributed by atoms with van der Waals surface area (Å²) < 4.78 is 2.17. The van der Waals surface area contributed by atoms with Gasteiger partial charge in [0.05, 0.1) is 0 Å². The van der Waals surface area contributed by atoms with E-state index < -0.39 is 6.03 Å². The van der Waals surface area contributed by atoms with E-state index in [1.165, 1.54) is 17.2 Å². The van der Waals surface area contributed by atoms with Crippen molar-refractivity contribution in [2.75, 3.05) is 6.54 Å². The standard InChI is InChI=1S/C23H21N3O2/c1-3-11-26-22(27)20(24-23(26)28)13-18-15-25(21-10-5-4-9-19(18)21)14-17-8-6-7-16(2)12-17/h3-10,12-13,15H,1,11,14H2,2H3,(H,24,28)/b20-13+. The molecule has 0 radical (unpaired) electrons. The molecule has 28 heavy (non-hydrogen) atoms. The van der Waals surface area contributed by atoms with Crippen molar-refractivity contribution in [1.82, 2.24) is 14.8 Å². The van der Waals surface area contributed by atoms with Crippen LogP contribution < -0.4 is 5.32 Å². The number of aryl methyl sites for hydroxylation is 1. The number of aromatic nitrogens is 1. The molecule has 1 fully saturated rings. The number of hydrogen-bond acceptors (Lipinski definition) is 2. The number of fused-ring (bicyclic) bond motifs is 1. The molecule has 3 amide bonds. The lowest BCUT2D eigenvalue weighted by Gasteiger charge is -2.06. The Hall–Kier alpha value is -3.60. The second-order valence-corrected chi connectivity index (χ2v) is 6.91. The van der Waals surface area contributed by atoms with Crippen LogP contribution in [0.25, 0.3) is 17.0 Å². The molecule has 2 aromatic carbocycles. The predicted octanol–water partition coefficient (Wildman–Crippen LogP) is 4.08. The van der Waals surface area contributed by atoms with Gasteiger partial charge < -0.3 is 9.88 Å². The maximum absolute atomic E-state index is 12.5. The van der Waals surface area contributed by atoms with E-state index in [-0.39, 0.29) is 18.1 Å². The van der Waals surface area contributed by atoms with Crippen molar-refractivity contribution in [1.29, 1.82) is 0 Å². The van der Waals surface area contributed by atoms with E-state index in [2.05, 4.69) is 53.7 Å². The zero-order chi connectivity index (χ0) is 19.7. The summed E-state index contributed by atoms with van der Waals surface area (Å²) in [7, 11) is 0. The van der Waals surface area contributed by atoms with Crippen molar-refractivity contribution in [3.05, 3.63) is 89.8 Å². The van der Waals surface area contributed by atoms with E-state index in [0.29, 0.717) is 0 Å². The first kappa shape index (κ1) is 17.8. The molecule has 2 heterocycles. The summed E-state index contributed by atoms with van der Waals surface area (Å²) in [6, 6.07) is 16.1. The second kappa shape index (κ2) is 7.19. The lowest BCUT2D eigenvalue weighted by molar-refractivity contribution is -0.122. The van der Waals surface area contributed by atoms with Crippen molar-refractivity contribution >= 4 is 28.9 Å². The average Bonchev–Trinajstić information content (AvgIpc) is 3.15. The topological polar surface area (TPSA) is 54.3 Å². The van der Waals surface area contributed by atoms with Gasteiger partial charge in [0.2, 0.25) is 0 Å². The molecule has 1 saturated heterocycles. The highest BCUT2D eigenvalue weighted by Gasteiger charge is 2.32. The van der Waals surface area contributed by atoms with Crippen LogP contribution in [-0.2, 0) is 11.3 Å². The Balaban J connectivity index is 1.74. The molecule has 0 atom stereocenters. The van der Waals surface area contributed by atoms with Crippen molar-refractivity contribution in [2.45, 2.75) is 13.5 Å². The molecule has 3 aromatic rings. The summed E-state index contributed by atoms with van der Waals surface area (Å²) in [4.78, 5) is 25.7. The maximum Gasteiger partial charge on any atom is 0.329 e. The Morgan fingerprint density at radius 1 is 1.11 bits per heavy atom. The highest BCUT2D eigenvalue weighted by molar-refractivity contribution is 6.14. The van der Waals surface area contributed by atoms with Crippen LogP contribution >= 0.6 is 0 Å². The number of nitrogens with zero attached hydrogens (tertiary/aromatic N) is 2. The maximum atomic E-state index is 12.5. The number of imide groups is 1. The van der Waals surface area contributed by atoms with Crippen LogP contribution in [0.15, 0.2) is 73.1 Å². The number of nitrogens with one attached hydrogen (secondary N) is 1. The van der Waals surface area contributed by atoms with Crippen molar-refractivity contribution in [3.63, 3.8) is 0 Å². The van der Waals surface area contributed by atoms with Crippen LogP contribution in [0.2, 0.25) is 0 Å². The van der Waals surface area contributed by atoms with E-state index in [4.69, 9.17) is 0 Å². The summed E-state index contributed by atoms with van der Waals surface area (Å²) in [6.45, 7) is 6.60. The molecule has 0 saturated carbocycles. The van der Waals surface area contributed by atoms with E-state index in [1.54, 1.807) is 6.08 Å². The third-order valence-corrected chi connectivity index (χ3v) is 4.83. The van der Waals surface area contributed by atoms with Gasteiger partial charge in [0.25, 0.3) is 5.91 Å². The highest BCUT2D eigenvalue weighted by Crippen LogP contribution is 2.25. The number of rotatable bonds is 5. The third kappa shape index (κ3) is 3.22.